The predicted molar refractivity (Wildman–Crippen MR) is 60.3 cm³/mol. The molecule has 0 amide bonds. The van der Waals surface area contributed by atoms with Crippen molar-refractivity contribution in [3.63, 3.8) is 0 Å². The van der Waals surface area contributed by atoms with Gasteiger partial charge in [-0.25, -0.2) is 0 Å². The Morgan fingerprint density at radius 2 is 1.25 bits per heavy atom. The smallest absolute Gasteiger partial charge is 0.0848 e. The standard InChI is InChI=1S/C8H16B4/c1-5-7(3,9)12(11)8(4,10)6-2/h5-6H2,1-4H3. The summed E-state index contributed by atoms with van der Waals surface area (Å²) in [6.07, 6.45) is 1.70. The molecule has 0 aliphatic heterocycles. The summed E-state index contributed by atoms with van der Waals surface area (Å²) in [7, 11) is 18.0. The monoisotopic (exact) mass is 156 g/mol. The molecule has 0 aliphatic rings. The quantitative estimate of drug-likeness (QED) is 0.543. The van der Waals surface area contributed by atoms with Crippen molar-refractivity contribution in [1.29, 1.82) is 0 Å². The van der Waals surface area contributed by atoms with Gasteiger partial charge in [-0.3, -0.25) is 0 Å². The van der Waals surface area contributed by atoms with Crippen LogP contribution >= 0.6 is 0 Å². The van der Waals surface area contributed by atoms with Crippen LogP contribution in [-0.4, -0.2) is 30.0 Å². The molecule has 0 bridgehead atoms. The molecule has 0 heterocycles. The Kier molecular flexibility index (Phi) is 4.06. The molecule has 0 aromatic rings. The summed E-state index contributed by atoms with van der Waals surface area (Å²) in [5.41, 5.74) is 0. The predicted octanol–water partition coefficient (Wildman–Crippen LogP) is 1.74. The first-order valence-corrected chi connectivity index (χ1v) is 4.61. The Hall–Kier alpha value is 0.260. The van der Waals surface area contributed by atoms with Gasteiger partial charge in [0.1, 0.15) is 0 Å². The van der Waals surface area contributed by atoms with Gasteiger partial charge in [-0.2, -0.15) is 0 Å². The van der Waals surface area contributed by atoms with Gasteiger partial charge in [-0.05, 0) is 0 Å². The van der Waals surface area contributed by atoms with Gasteiger partial charge in [-0.1, -0.05) is 51.0 Å². The van der Waals surface area contributed by atoms with E-state index >= 15 is 0 Å². The fourth-order valence-electron chi connectivity index (χ4n) is 1.19. The molecule has 0 saturated carbocycles. The second kappa shape index (κ2) is 3.98. The maximum atomic E-state index is 6.02. The van der Waals surface area contributed by atoms with Crippen molar-refractivity contribution >= 4 is 30.0 Å². The van der Waals surface area contributed by atoms with Crippen LogP contribution in [0.4, 0.5) is 0 Å². The Balaban J connectivity index is 4.47. The summed E-state index contributed by atoms with van der Waals surface area (Å²) in [6, 6.07) is 0. The molecule has 0 aliphatic carbocycles. The van der Waals surface area contributed by atoms with Crippen molar-refractivity contribution in [3.8, 4) is 0 Å². The van der Waals surface area contributed by atoms with Gasteiger partial charge < -0.3 is 0 Å². The second-order valence-electron chi connectivity index (χ2n) is 4.20. The normalized spacial score (nSPS) is 21.0. The van der Waals surface area contributed by atoms with Crippen LogP contribution in [0.15, 0.2) is 0 Å². The van der Waals surface area contributed by atoms with Crippen molar-refractivity contribution in [2.75, 3.05) is 0 Å². The molecule has 0 nitrogen and oxygen atoms in total. The zero-order valence-corrected chi connectivity index (χ0v) is 8.72. The van der Waals surface area contributed by atoms with Gasteiger partial charge in [0.05, 0.1) is 22.3 Å². The second-order valence-corrected chi connectivity index (χ2v) is 4.20. The highest BCUT2D eigenvalue weighted by Gasteiger charge is 2.35. The van der Waals surface area contributed by atoms with Gasteiger partial charge in [-0.15, -0.1) is 0 Å². The Labute approximate surface area is 81.6 Å². The van der Waals surface area contributed by atoms with Crippen molar-refractivity contribution < 1.29 is 0 Å². The highest BCUT2D eigenvalue weighted by atomic mass is 14.1. The Morgan fingerprint density at radius 3 is 1.42 bits per heavy atom. The highest BCUT2D eigenvalue weighted by molar-refractivity contribution is 7.11. The summed E-state index contributed by atoms with van der Waals surface area (Å²) in [5, 5.41) is -0.723. The lowest BCUT2D eigenvalue weighted by atomic mass is 9.05. The average molecular weight is 155 g/mol. The van der Waals surface area contributed by atoms with Crippen LogP contribution in [0.5, 0.6) is 0 Å². The van der Waals surface area contributed by atoms with E-state index in [1.54, 1.807) is 0 Å². The summed E-state index contributed by atoms with van der Waals surface area (Å²) in [4.78, 5) is 0. The maximum absolute atomic E-state index is 6.02. The van der Waals surface area contributed by atoms with Crippen molar-refractivity contribution in [2.24, 2.45) is 0 Å². The first-order valence-electron chi connectivity index (χ1n) is 4.61. The average Bonchev–Trinajstić information content (AvgIpc) is 2.03. The van der Waals surface area contributed by atoms with Crippen LogP contribution in [0.25, 0.3) is 0 Å². The van der Waals surface area contributed by atoms with Crippen LogP contribution in [0.3, 0.4) is 0 Å². The third-order valence-electron chi connectivity index (χ3n) is 2.94. The topological polar surface area (TPSA) is 0 Å². The third kappa shape index (κ3) is 2.64. The van der Waals surface area contributed by atoms with E-state index < -0.39 is 0 Å². The van der Waals surface area contributed by atoms with E-state index in [2.05, 4.69) is 0 Å². The highest BCUT2D eigenvalue weighted by Crippen LogP contribution is 2.40. The molecule has 12 heavy (non-hydrogen) atoms. The van der Waals surface area contributed by atoms with E-state index in [-0.39, 0.29) is 17.0 Å². The molecule has 0 N–H and O–H groups in total. The molecule has 0 saturated heterocycles. The van der Waals surface area contributed by atoms with E-state index in [4.69, 9.17) is 23.4 Å². The first-order chi connectivity index (χ1) is 5.28. The van der Waals surface area contributed by atoms with Crippen molar-refractivity contribution in [1.82, 2.24) is 0 Å². The van der Waals surface area contributed by atoms with E-state index in [1.165, 1.54) is 0 Å². The molecule has 4 heteroatoms. The summed E-state index contributed by atoms with van der Waals surface area (Å²) in [6.45, 7) is 7.83. The van der Waals surface area contributed by atoms with E-state index in [1.807, 2.05) is 27.7 Å². The molecular formula is C8H16B4. The Morgan fingerprint density at radius 1 is 1.00 bits per heavy atom. The lowest BCUT2D eigenvalue weighted by molar-refractivity contribution is 0.713. The molecule has 0 spiro atoms. The molecule has 2 atom stereocenters. The van der Waals surface area contributed by atoms with E-state index in [0.29, 0.717) is 0 Å². The summed E-state index contributed by atoms with van der Waals surface area (Å²) in [5.74, 6) is 0. The molecule has 0 rings (SSSR count). The van der Waals surface area contributed by atoms with Crippen LogP contribution in [0.2, 0.25) is 10.4 Å². The SMILES string of the molecule is [B]B(C([B])(C)CC)C([B])(C)CC. The fourth-order valence-corrected chi connectivity index (χ4v) is 1.19. The third-order valence-corrected chi connectivity index (χ3v) is 2.94. The lowest BCUT2D eigenvalue weighted by Crippen LogP contribution is -2.42. The molecule has 60 valence electrons. The lowest BCUT2D eigenvalue weighted by Gasteiger charge is -2.41. The minimum atomic E-state index is -0.362. The van der Waals surface area contributed by atoms with Gasteiger partial charge in [0.25, 0.3) is 0 Å². The van der Waals surface area contributed by atoms with Crippen molar-refractivity contribution in [3.05, 3.63) is 0 Å². The largest absolute Gasteiger partial charge is 0.0957 e. The minimum absolute atomic E-state index is 0.153. The zero-order chi connectivity index (χ0) is 9.99. The van der Waals surface area contributed by atoms with Crippen LogP contribution < -0.4 is 0 Å². The molecule has 2 unspecified atom stereocenters. The molecule has 0 aromatic carbocycles. The summed E-state index contributed by atoms with van der Waals surface area (Å²) < 4.78 is 0. The number of hydrogen-bond acceptors (Lipinski definition) is 0. The van der Waals surface area contributed by atoms with E-state index in [9.17, 15) is 0 Å². The van der Waals surface area contributed by atoms with Gasteiger partial charge in [0, 0.05) is 7.74 Å². The molecule has 0 fully saturated rings. The van der Waals surface area contributed by atoms with E-state index in [0.717, 1.165) is 12.8 Å². The molecule has 6 radical (unpaired) electrons. The van der Waals surface area contributed by atoms with Crippen LogP contribution in [0.1, 0.15) is 40.5 Å². The maximum Gasteiger partial charge on any atom is 0.0848 e. The minimum Gasteiger partial charge on any atom is -0.0957 e. The number of rotatable bonds is 4. The molecular weight excluding hydrogens is 139 g/mol. The first kappa shape index (κ1) is 12.3. The van der Waals surface area contributed by atoms with Crippen LogP contribution in [-0.2, 0) is 0 Å². The van der Waals surface area contributed by atoms with Gasteiger partial charge in [0.2, 0.25) is 0 Å². The Bertz CT molecular complexity index is 126. The summed E-state index contributed by atoms with van der Waals surface area (Å²) >= 11 is 0. The fraction of sp³-hybridized carbons (Fsp3) is 1.00. The van der Waals surface area contributed by atoms with Crippen molar-refractivity contribution in [2.45, 2.75) is 51.0 Å². The van der Waals surface area contributed by atoms with Gasteiger partial charge >= 0.3 is 0 Å². The van der Waals surface area contributed by atoms with Crippen LogP contribution in [0, 0.1) is 0 Å². The van der Waals surface area contributed by atoms with Gasteiger partial charge in [0.15, 0.2) is 0 Å². The zero-order valence-electron chi connectivity index (χ0n) is 8.72. The number of hydrogen-bond donors (Lipinski definition) is 0. The molecule has 0 aromatic heterocycles.